The molecule has 0 spiro atoms. The summed E-state index contributed by atoms with van der Waals surface area (Å²) in [6.07, 6.45) is 2.74. The van der Waals surface area contributed by atoms with E-state index in [1.807, 2.05) is 0 Å². The van der Waals surface area contributed by atoms with Crippen LogP contribution in [0.1, 0.15) is 43.8 Å². The van der Waals surface area contributed by atoms with Gasteiger partial charge in [-0.2, -0.15) is 5.10 Å². The number of hydrogen-bond donors (Lipinski definition) is 2. The van der Waals surface area contributed by atoms with Crippen LogP contribution in [0.3, 0.4) is 0 Å². The van der Waals surface area contributed by atoms with Crippen molar-refractivity contribution in [2.24, 2.45) is 5.10 Å². The number of nitrogens with one attached hydrogen (secondary N) is 2. The van der Waals surface area contributed by atoms with Crippen molar-refractivity contribution in [3.63, 3.8) is 0 Å². The zero-order valence-electron chi connectivity index (χ0n) is 21.0. The van der Waals surface area contributed by atoms with Crippen LogP contribution in [-0.4, -0.2) is 35.5 Å². The number of non-ortho nitro benzene ring substituents is 1. The molecule has 202 valence electrons. The molecule has 1 heterocycles. The lowest BCUT2D eigenvalue weighted by Crippen LogP contribution is -2.21. The highest BCUT2D eigenvalue weighted by atomic mass is 16.6. The van der Waals surface area contributed by atoms with Crippen molar-refractivity contribution in [1.82, 2.24) is 5.43 Å². The fraction of sp³-hybridized carbons (Fsp3) is 0.0714. The van der Waals surface area contributed by atoms with Crippen molar-refractivity contribution in [3.05, 3.63) is 118 Å². The molecule has 0 unspecified atom stereocenters. The highest BCUT2D eigenvalue weighted by molar-refractivity contribution is 6.08. The zero-order chi connectivity index (χ0) is 28.5. The second-order valence-electron chi connectivity index (χ2n) is 8.01. The Morgan fingerprint density at radius 2 is 1.75 bits per heavy atom. The average Bonchev–Trinajstić information content (AvgIpc) is 3.50. The van der Waals surface area contributed by atoms with Crippen molar-refractivity contribution >= 4 is 35.4 Å². The van der Waals surface area contributed by atoms with E-state index < -0.39 is 22.7 Å². The summed E-state index contributed by atoms with van der Waals surface area (Å²) in [6.45, 7) is 2.03. The molecule has 0 saturated heterocycles. The molecule has 0 fully saturated rings. The zero-order valence-corrected chi connectivity index (χ0v) is 21.0. The summed E-state index contributed by atoms with van der Waals surface area (Å²) >= 11 is 0. The molecule has 4 rings (SSSR count). The van der Waals surface area contributed by atoms with Gasteiger partial charge >= 0.3 is 5.97 Å². The molecule has 12 heteroatoms. The monoisotopic (exact) mass is 542 g/mol. The molecule has 0 saturated carbocycles. The maximum atomic E-state index is 12.7. The molecule has 0 radical (unpaired) electrons. The van der Waals surface area contributed by atoms with Gasteiger partial charge in [0.25, 0.3) is 17.5 Å². The molecule has 40 heavy (non-hydrogen) atoms. The number of nitro benzene ring substituents is 1. The van der Waals surface area contributed by atoms with Gasteiger partial charge in [-0.15, -0.1) is 0 Å². The van der Waals surface area contributed by atoms with Crippen LogP contribution in [-0.2, 0) is 0 Å². The number of nitro groups is 1. The van der Waals surface area contributed by atoms with Gasteiger partial charge in [-0.3, -0.25) is 19.7 Å². The number of para-hydroxylation sites is 1. The molecule has 12 nitrogen and oxygen atoms in total. The Hall–Kier alpha value is -5.78. The number of nitrogens with zero attached hydrogens (tertiary/aromatic N) is 2. The van der Waals surface area contributed by atoms with E-state index in [2.05, 4.69) is 15.8 Å². The first kappa shape index (κ1) is 27.3. The highest BCUT2D eigenvalue weighted by Gasteiger charge is 2.16. The summed E-state index contributed by atoms with van der Waals surface area (Å²) in [4.78, 5) is 47.8. The summed E-state index contributed by atoms with van der Waals surface area (Å²) in [5, 5.41) is 17.4. The predicted molar refractivity (Wildman–Crippen MR) is 144 cm³/mol. The largest absolute Gasteiger partial charge is 0.490 e. The van der Waals surface area contributed by atoms with Gasteiger partial charge in [0.2, 0.25) is 0 Å². The van der Waals surface area contributed by atoms with Gasteiger partial charge in [0.15, 0.2) is 17.3 Å². The Bertz CT molecular complexity index is 1560. The number of carbonyl (C=O) groups excluding carboxylic acids is 3. The third kappa shape index (κ3) is 6.75. The van der Waals surface area contributed by atoms with Crippen LogP contribution in [0.25, 0.3) is 0 Å². The summed E-state index contributed by atoms with van der Waals surface area (Å²) < 4.78 is 16.1. The number of esters is 1. The molecule has 0 aliphatic rings. The molecule has 4 aromatic rings. The molecule has 0 bridgehead atoms. The number of rotatable bonds is 10. The van der Waals surface area contributed by atoms with Crippen LogP contribution in [0.4, 0.5) is 11.4 Å². The Morgan fingerprint density at radius 3 is 2.45 bits per heavy atom. The lowest BCUT2D eigenvalue weighted by atomic mass is 10.1. The maximum Gasteiger partial charge on any atom is 0.343 e. The quantitative estimate of drug-likeness (QED) is 0.0947. The molecule has 2 amide bonds. The number of furan rings is 1. The van der Waals surface area contributed by atoms with Crippen LogP contribution in [0.2, 0.25) is 0 Å². The number of ether oxygens (including phenoxy) is 2. The first-order valence-corrected chi connectivity index (χ1v) is 11.9. The molecule has 0 aliphatic carbocycles. The van der Waals surface area contributed by atoms with E-state index in [1.165, 1.54) is 54.9 Å². The minimum Gasteiger partial charge on any atom is -0.490 e. The molecule has 0 aliphatic heterocycles. The van der Waals surface area contributed by atoms with Gasteiger partial charge in [-0.05, 0) is 67.1 Å². The molecule has 2 N–H and O–H groups in total. The number of anilines is 1. The highest BCUT2D eigenvalue weighted by Crippen LogP contribution is 2.29. The van der Waals surface area contributed by atoms with Crippen molar-refractivity contribution in [1.29, 1.82) is 0 Å². The second-order valence-corrected chi connectivity index (χ2v) is 8.01. The third-order valence-corrected chi connectivity index (χ3v) is 5.33. The first-order valence-electron chi connectivity index (χ1n) is 11.9. The minimum absolute atomic E-state index is 0.0974. The van der Waals surface area contributed by atoms with E-state index in [1.54, 1.807) is 43.3 Å². The molecule has 0 atom stereocenters. The number of carbonyl (C=O) groups is 3. The van der Waals surface area contributed by atoms with Gasteiger partial charge in [-0.25, -0.2) is 10.2 Å². The standard InChI is InChI=1S/C28H22N4O8/c1-2-38-25-16-18(9-14-23(25)40-28(35)19-10-12-20(13-11-19)32(36)37)17-29-31-26(33)21-6-3-4-7-22(21)30-27(34)24-8-5-15-39-24/h3-17H,2H2,1H3,(H,30,34)(H,31,33)/b29-17-. The molecule has 3 aromatic carbocycles. The molecular formula is C28H22N4O8. The average molecular weight is 543 g/mol. The van der Waals surface area contributed by atoms with Gasteiger partial charge in [0.1, 0.15) is 0 Å². The summed E-state index contributed by atoms with van der Waals surface area (Å²) in [5.74, 6) is -1.31. The summed E-state index contributed by atoms with van der Waals surface area (Å²) in [5.41, 5.74) is 3.37. The predicted octanol–water partition coefficient (Wildman–Crippen LogP) is 4.82. The van der Waals surface area contributed by atoms with Crippen LogP contribution in [0.15, 0.2) is 94.6 Å². The van der Waals surface area contributed by atoms with Crippen molar-refractivity contribution in [2.45, 2.75) is 6.92 Å². The Morgan fingerprint density at radius 1 is 0.975 bits per heavy atom. The van der Waals surface area contributed by atoms with Gasteiger partial charge in [0.05, 0.1) is 40.8 Å². The Balaban J connectivity index is 1.43. The van der Waals surface area contributed by atoms with Crippen molar-refractivity contribution < 1.29 is 33.2 Å². The number of benzene rings is 3. The number of hydrogen-bond acceptors (Lipinski definition) is 9. The minimum atomic E-state index is -0.720. The summed E-state index contributed by atoms with van der Waals surface area (Å²) in [7, 11) is 0. The van der Waals surface area contributed by atoms with Crippen molar-refractivity contribution in [2.75, 3.05) is 11.9 Å². The normalized spacial score (nSPS) is 10.6. The van der Waals surface area contributed by atoms with E-state index >= 15 is 0 Å². The van der Waals surface area contributed by atoms with Crippen LogP contribution >= 0.6 is 0 Å². The summed E-state index contributed by atoms with van der Waals surface area (Å²) in [6, 6.07) is 19.2. The van der Waals surface area contributed by atoms with Gasteiger partial charge in [0, 0.05) is 12.1 Å². The number of hydrazone groups is 1. The Labute approximate surface area is 227 Å². The van der Waals surface area contributed by atoms with E-state index in [0.717, 1.165) is 0 Å². The lowest BCUT2D eigenvalue weighted by Gasteiger charge is -2.11. The Kier molecular flexibility index (Phi) is 8.62. The lowest BCUT2D eigenvalue weighted by molar-refractivity contribution is -0.384. The second kappa shape index (κ2) is 12.6. The van der Waals surface area contributed by atoms with Gasteiger partial charge < -0.3 is 19.2 Å². The smallest absolute Gasteiger partial charge is 0.343 e. The van der Waals surface area contributed by atoms with Crippen molar-refractivity contribution in [3.8, 4) is 11.5 Å². The van der Waals surface area contributed by atoms with Crippen LogP contribution in [0, 0.1) is 10.1 Å². The van der Waals surface area contributed by atoms with E-state index in [0.29, 0.717) is 5.56 Å². The van der Waals surface area contributed by atoms with E-state index in [9.17, 15) is 24.5 Å². The molecule has 1 aromatic heterocycles. The fourth-order valence-corrected chi connectivity index (χ4v) is 3.44. The first-order chi connectivity index (χ1) is 19.4. The van der Waals surface area contributed by atoms with Crippen LogP contribution < -0.4 is 20.2 Å². The maximum absolute atomic E-state index is 12.7. The third-order valence-electron chi connectivity index (χ3n) is 5.33. The van der Waals surface area contributed by atoms with Gasteiger partial charge in [-0.1, -0.05) is 12.1 Å². The van der Waals surface area contributed by atoms with Crippen LogP contribution in [0.5, 0.6) is 11.5 Å². The molecular weight excluding hydrogens is 520 g/mol. The number of amides is 2. The fourth-order valence-electron chi connectivity index (χ4n) is 3.44. The van der Waals surface area contributed by atoms with E-state index in [4.69, 9.17) is 13.9 Å². The topological polar surface area (TPSA) is 162 Å². The van der Waals surface area contributed by atoms with E-state index in [-0.39, 0.29) is 46.4 Å². The SMILES string of the molecule is CCOc1cc(/C=N\NC(=O)c2ccccc2NC(=O)c2ccco2)ccc1OC(=O)c1ccc([N+](=O)[O-])cc1.